The highest BCUT2D eigenvalue weighted by Gasteiger charge is 2.40. The Hall–Kier alpha value is -0.910. The van der Waals surface area contributed by atoms with Gasteiger partial charge in [0.25, 0.3) is 10.2 Å². The first kappa shape index (κ1) is 15.5. The van der Waals surface area contributed by atoms with E-state index in [0.717, 1.165) is 19.3 Å². The molecule has 2 aliphatic rings. The molecule has 20 heavy (non-hydrogen) atoms. The molecule has 0 saturated carbocycles. The van der Waals surface area contributed by atoms with Crippen molar-refractivity contribution in [1.29, 1.82) is 0 Å². The van der Waals surface area contributed by atoms with Crippen LogP contribution in [0, 0.1) is 0 Å². The van der Waals surface area contributed by atoms with Gasteiger partial charge in [0.15, 0.2) is 0 Å². The predicted molar refractivity (Wildman–Crippen MR) is 82.5 cm³/mol. The SMILES string of the molecule is C=CC[C@@H]1CC=C[C@@H](CC=C)N1S(=O)(=O)N1CCCC1. The molecule has 1 fully saturated rings. The van der Waals surface area contributed by atoms with E-state index < -0.39 is 10.2 Å². The lowest BCUT2D eigenvalue weighted by Crippen LogP contribution is -2.53. The molecular formula is C15H24N2O2S. The first-order chi connectivity index (χ1) is 9.61. The van der Waals surface area contributed by atoms with Crippen molar-refractivity contribution in [2.75, 3.05) is 13.1 Å². The van der Waals surface area contributed by atoms with E-state index in [1.54, 1.807) is 20.8 Å². The number of nitrogens with zero attached hydrogens (tertiary/aromatic N) is 2. The lowest BCUT2D eigenvalue weighted by atomic mass is 10.0. The van der Waals surface area contributed by atoms with Crippen LogP contribution >= 0.6 is 0 Å². The Balaban J connectivity index is 2.31. The minimum Gasteiger partial charge on any atom is -0.195 e. The molecule has 0 aliphatic carbocycles. The quantitative estimate of drug-likeness (QED) is 0.707. The van der Waals surface area contributed by atoms with Crippen LogP contribution in [0.2, 0.25) is 0 Å². The molecule has 4 nitrogen and oxygen atoms in total. The standard InChI is InChI=1S/C15H24N2O2S/c1-3-8-14-10-7-11-15(9-4-2)17(14)20(18,19)16-12-5-6-13-16/h3-4,7,10,14-15H,1-2,5-6,8-9,11-13H2/t14-,15-/m1/s1. The van der Waals surface area contributed by atoms with E-state index in [1.165, 1.54) is 0 Å². The minimum absolute atomic E-state index is 0.0203. The summed E-state index contributed by atoms with van der Waals surface area (Å²) in [6, 6.07) is -0.134. The Morgan fingerprint density at radius 3 is 2.40 bits per heavy atom. The zero-order valence-corrected chi connectivity index (χ0v) is 12.8. The third-order valence-corrected chi connectivity index (χ3v) is 6.08. The fraction of sp³-hybridized carbons (Fsp3) is 0.600. The average Bonchev–Trinajstić information content (AvgIpc) is 2.94. The van der Waals surface area contributed by atoms with Crippen molar-refractivity contribution in [3.05, 3.63) is 37.5 Å². The van der Waals surface area contributed by atoms with Gasteiger partial charge >= 0.3 is 0 Å². The molecule has 0 unspecified atom stereocenters. The van der Waals surface area contributed by atoms with Gasteiger partial charge in [0, 0.05) is 25.2 Å². The first-order valence-electron chi connectivity index (χ1n) is 7.28. The summed E-state index contributed by atoms with van der Waals surface area (Å²) < 4.78 is 29.1. The Bertz CT molecular complexity index is 478. The third kappa shape index (κ3) is 3.05. The lowest BCUT2D eigenvalue weighted by Gasteiger charge is -2.39. The highest BCUT2D eigenvalue weighted by molar-refractivity contribution is 7.86. The van der Waals surface area contributed by atoms with Crippen molar-refractivity contribution in [3.63, 3.8) is 0 Å². The third-order valence-electron chi connectivity index (χ3n) is 3.96. The van der Waals surface area contributed by atoms with Crippen LogP contribution in [0.1, 0.15) is 32.1 Å². The summed E-state index contributed by atoms with van der Waals surface area (Å²) in [5.41, 5.74) is 0. The monoisotopic (exact) mass is 296 g/mol. The van der Waals surface area contributed by atoms with E-state index in [-0.39, 0.29) is 12.1 Å². The van der Waals surface area contributed by atoms with Crippen LogP contribution < -0.4 is 0 Å². The molecule has 2 atom stereocenters. The van der Waals surface area contributed by atoms with Crippen LogP contribution in [0.3, 0.4) is 0 Å². The van der Waals surface area contributed by atoms with Gasteiger partial charge in [0.05, 0.1) is 0 Å². The molecular weight excluding hydrogens is 272 g/mol. The molecule has 0 spiro atoms. The molecule has 1 saturated heterocycles. The molecule has 112 valence electrons. The Labute approximate surface area is 122 Å². The molecule has 2 heterocycles. The number of rotatable bonds is 6. The van der Waals surface area contributed by atoms with Crippen LogP contribution in [0.15, 0.2) is 37.5 Å². The van der Waals surface area contributed by atoms with Gasteiger partial charge in [-0.05, 0) is 32.1 Å². The fourth-order valence-electron chi connectivity index (χ4n) is 3.01. The first-order valence-corrected chi connectivity index (χ1v) is 8.68. The van der Waals surface area contributed by atoms with Crippen molar-refractivity contribution in [2.45, 2.75) is 44.2 Å². The van der Waals surface area contributed by atoms with Crippen molar-refractivity contribution in [3.8, 4) is 0 Å². The van der Waals surface area contributed by atoms with Gasteiger partial charge in [-0.2, -0.15) is 17.0 Å². The van der Waals surface area contributed by atoms with Gasteiger partial charge in [-0.3, -0.25) is 0 Å². The van der Waals surface area contributed by atoms with Crippen LogP contribution in [-0.4, -0.2) is 42.2 Å². The van der Waals surface area contributed by atoms with Crippen molar-refractivity contribution < 1.29 is 8.42 Å². The smallest absolute Gasteiger partial charge is 0.195 e. The summed E-state index contributed by atoms with van der Waals surface area (Å²) in [6.07, 6.45) is 11.7. The zero-order chi connectivity index (χ0) is 14.6. The van der Waals surface area contributed by atoms with Gasteiger partial charge in [-0.15, -0.1) is 13.2 Å². The van der Waals surface area contributed by atoms with Gasteiger partial charge in [0.1, 0.15) is 0 Å². The normalized spacial score (nSPS) is 28.6. The zero-order valence-electron chi connectivity index (χ0n) is 11.9. The second-order valence-corrected chi connectivity index (χ2v) is 7.21. The summed E-state index contributed by atoms with van der Waals surface area (Å²) in [5, 5.41) is 0. The van der Waals surface area contributed by atoms with Crippen LogP contribution in [0.4, 0.5) is 0 Å². The maximum Gasteiger partial charge on any atom is 0.282 e. The summed E-state index contributed by atoms with van der Waals surface area (Å²) >= 11 is 0. The Morgan fingerprint density at radius 2 is 1.80 bits per heavy atom. The van der Waals surface area contributed by atoms with Gasteiger partial charge in [0.2, 0.25) is 0 Å². The van der Waals surface area contributed by atoms with Crippen LogP contribution in [0.5, 0.6) is 0 Å². The topological polar surface area (TPSA) is 40.6 Å². The second-order valence-electron chi connectivity index (χ2n) is 5.38. The largest absolute Gasteiger partial charge is 0.282 e. The van der Waals surface area contributed by atoms with E-state index in [0.29, 0.717) is 25.9 Å². The maximum atomic E-state index is 12.9. The molecule has 2 aliphatic heterocycles. The van der Waals surface area contributed by atoms with E-state index >= 15 is 0 Å². The summed E-state index contributed by atoms with van der Waals surface area (Å²) in [5.74, 6) is 0. The molecule has 2 rings (SSSR count). The van der Waals surface area contributed by atoms with Crippen molar-refractivity contribution in [1.82, 2.24) is 8.61 Å². The maximum absolute atomic E-state index is 12.9. The highest BCUT2D eigenvalue weighted by Crippen LogP contribution is 2.29. The number of hydrogen-bond acceptors (Lipinski definition) is 2. The molecule has 0 aromatic heterocycles. The molecule has 0 N–H and O–H groups in total. The van der Waals surface area contributed by atoms with Gasteiger partial charge in [-0.25, -0.2) is 0 Å². The van der Waals surface area contributed by atoms with Crippen molar-refractivity contribution in [2.24, 2.45) is 0 Å². The van der Waals surface area contributed by atoms with E-state index in [4.69, 9.17) is 0 Å². The molecule has 0 aromatic carbocycles. The molecule has 0 radical (unpaired) electrons. The van der Waals surface area contributed by atoms with E-state index in [1.807, 2.05) is 6.08 Å². The van der Waals surface area contributed by atoms with E-state index in [2.05, 4.69) is 19.2 Å². The minimum atomic E-state index is -3.38. The summed E-state index contributed by atoms with van der Waals surface area (Å²) in [4.78, 5) is 0. The Kier molecular flexibility index (Phi) is 5.18. The van der Waals surface area contributed by atoms with Crippen LogP contribution in [-0.2, 0) is 10.2 Å². The predicted octanol–water partition coefficient (Wildman–Crippen LogP) is 2.48. The molecule has 0 amide bonds. The number of hydrogen-bond donors (Lipinski definition) is 0. The highest BCUT2D eigenvalue weighted by atomic mass is 32.2. The van der Waals surface area contributed by atoms with E-state index in [9.17, 15) is 8.42 Å². The summed E-state index contributed by atoms with van der Waals surface area (Å²) in [6.45, 7) is 8.80. The molecule has 0 bridgehead atoms. The van der Waals surface area contributed by atoms with Crippen LogP contribution in [0.25, 0.3) is 0 Å². The Morgan fingerprint density at radius 1 is 1.15 bits per heavy atom. The fourth-order valence-corrected chi connectivity index (χ4v) is 5.04. The van der Waals surface area contributed by atoms with Crippen molar-refractivity contribution >= 4 is 10.2 Å². The summed E-state index contributed by atoms with van der Waals surface area (Å²) in [7, 11) is -3.38. The lowest BCUT2D eigenvalue weighted by molar-refractivity contribution is 0.248. The second kappa shape index (κ2) is 6.70. The average molecular weight is 296 g/mol. The molecule has 0 aromatic rings. The molecule has 5 heteroatoms. The van der Waals surface area contributed by atoms with Gasteiger partial charge < -0.3 is 0 Å². The van der Waals surface area contributed by atoms with Gasteiger partial charge in [-0.1, -0.05) is 24.3 Å².